The Hall–Kier alpha value is -0.280. The summed E-state index contributed by atoms with van der Waals surface area (Å²) in [6.07, 6.45) is 3.55. The Labute approximate surface area is 104 Å². The Bertz CT molecular complexity index is 268. The smallest absolute Gasteiger partial charge is 0.225 e. The molecule has 1 aliphatic carbocycles. The van der Waals surface area contributed by atoms with E-state index in [0.717, 1.165) is 19.5 Å². The van der Waals surface area contributed by atoms with Crippen molar-refractivity contribution in [2.24, 2.45) is 23.0 Å². The highest BCUT2D eigenvalue weighted by molar-refractivity contribution is 5.85. The van der Waals surface area contributed by atoms with Crippen molar-refractivity contribution in [1.29, 1.82) is 0 Å². The second-order valence-corrected chi connectivity index (χ2v) is 5.65. The van der Waals surface area contributed by atoms with E-state index in [-0.39, 0.29) is 23.7 Å². The Balaban J connectivity index is 0.00000128. The summed E-state index contributed by atoms with van der Waals surface area (Å²) in [6.45, 7) is 6.72. The predicted molar refractivity (Wildman–Crippen MR) is 67.5 cm³/mol. The summed E-state index contributed by atoms with van der Waals surface area (Å²) in [5.41, 5.74) is 5.91. The molecule has 2 unspecified atom stereocenters. The zero-order valence-electron chi connectivity index (χ0n) is 10.2. The number of rotatable bonds is 3. The molecule has 2 aliphatic rings. The third-order valence-corrected chi connectivity index (χ3v) is 4.08. The van der Waals surface area contributed by atoms with E-state index in [4.69, 9.17) is 5.73 Å². The third-order valence-electron chi connectivity index (χ3n) is 4.08. The third kappa shape index (κ3) is 2.69. The number of nitrogens with zero attached hydrogens (tertiary/aromatic N) is 1. The summed E-state index contributed by atoms with van der Waals surface area (Å²) in [5.74, 6) is 1.27. The average Bonchev–Trinajstić information content (AvgIpc) is 3.00. The summed E-state index contributed by atoms with van der Waals surface area (Å²) in [7, 11) is 0. The van der Waals surface area contributed by atoms with E-state index in [0.29, 0.717) is 18.4 Å². The maximum absolute atomic E-state index is 12.1. The lowest BCUT2D eigenvalue weighted by Crippen LogP contribution is -2.37. The zero-order valence-corrected chi connectivity index (χ0v) is 11.1. The van der Waals surface area contributed by atoms with Gasteiger partial charge in [-0.25, -0.2) is 0 Å². The lowest BCUT2D eigenvalue weighted by molar-refractivity contribution is -0.134. The molecule has 1 saturated carbocycles. The number of likely N-dealkylation sites (tertiary alicyclic amines) is 1. The van der Waals surface area contributed by atoms with E-state index in [1.54, 1.807) is 0 Å². The molecular weight excluding hydrogens is 224 g/mol. The van der Waals surface area contributed by atoms with Gasteiger partial charge in [-0.3, -0.25) is 4.79 Å². The van der Waals surface area contributed by atoms with Gasteiger partial charge in [0.05, 0.1) is 0 Å². The first-order valence-corrected chi connectivity index (χ1v) is 6.04. The number of hydrogen-bond donors (Lipinski definition) is 1. The molecule has 2 atom stereocenters. The number of halogens is 1. The molecule has 1 heterocycles. The fourth-order valence-corrected chi connectivity index (χ4v) is 2.46. The van der Waals surface area contributed by atoms with Crippen molar-refractivity contribution < 1.29 is 4.79 Å². The van der Waals surface area contributed by atoms with Gasteiger partial charge in [-0.15, -0.1) is 12.4 Å². The van der Waals surface area contributed by atoms with Crippen molar-refractivity contribution in [2.45, 2.75) is 33.1 Å². The lowest BCUT2D eigenvalue weighted by atomic mass is 9.90. The quantitative estimate of drug-likeness (QED) is 0.823. The maximum Gasteiger partial charge on any atom is 0.225 e. The first kappa shape index (κ1) is 13.8. The highest BCUT2D eigenvalue weighted by Crippen LogP contribution is 2.39. The SMILES string of the molecule is CC(C(=O)N1CCC(C)(CN)C1)C1CC1.Cl. The average molecular weight is 247 g/mol. The predicted octanol–water partition coefficient (Wildman–Crippen LogP) is 1.65. The molecule has 0 aromatic rings. The van der Waals surface area contributed by atoms with Gasteiger partial charge in [0.15, 0.2) is 0 Å². The van der Waals surface area contributed by atoms with Gasteiger partial charge in [-0.1, -0.05) is 13.8 Å². The van der Waals surface area contributed by atoms with Gasteiger partial charge in [0, 0.05) is 19.0 Å². The molecule has 4 heteroatoms. The summed E-state index contributed by atoms with van der Waals surface area (Å²) in [6, 6.07) is 0. The van der Waals surface area contributed by atoms with Gasteiger partial charge < -0.3 is 10.6 Å². The van der Waals surface area contributed by atoms with Crippen molar-refractivity contribution >= 4 is 18.3 Å². The van der Waals surface area contributed by atoms with Crippen LogP contribution >= 0.6 is 12.4 Å². The van der Waals surface area contributed by atoms with Crippen molar-refractivity contribution in [2.75, 3.05) is 19.6 Å². The van der Waals surface area contributed by atoms with Crippen LogP contribution in [0.4, 0.5) is 0 Å². The van der Waals surface area contributed by atoms with E-state index in [2.05, 4.69) is 13.8 Å². The van der Waals surface area contributed by atoms with E-state index >= 15 is 0 Å². The van der Waals surface area contributed by atoms with Crippen molar-refractivity contribution in [3.63, 3.8) is 0 Å². The van der Waals surface area contributed by atoms with E-state index < -0.39 is 0 Å². The standard InChI is InChI=1S/C12H22N2O.ClH/c1-9(10-3-4-10)11(15)14-6-5-12(2,7-13)8-14;/h9-10H,3-8,13H2,1-2H3;1H. The van der Waals surface area contributed by atoms with Gasteiger partial charge >= 0.3 is 0 Å². The Morgan fingerprint density at radius 3 is 2.62 bits per heavy atom. The van der Waals surface area contributed by atoms with E-state index in [9.17, 15) is 4.79 Å². The monoisotopic (exact) mass is 246 g/mol. The molecule has 2 fully saturated rings. The van der Waals surface area contributed by atoms with E-state index in [1.165, 1.54) is 12.8 Å². The Morgan fingerprint density at radius 1 is 1.56 bits per heavy atom. The molecule has 1 amide bonds. The number of carbonyl (C=O) groups is 1. The Morgan fingerprint density at radius 2 is 2.19 bits per heavy atom. The molecule has 0 aromatic carbocycles. The van der Waals surface area contributed by atoms with Crippen LogP contribution in [0.3, 0.4) is 0 Å². The molecule has 3 nitrogen and oxygen atoms in total. The maximum atomic E-state index is 12.1. The lowest BCUT2D eigenvalue weighted by Gasteiger charge is -2.24. The first-order valence-electron chi connectivity index (χ1n) is 6.04. The van der Waals surface area contributed by atoms with Crippen LogP contribution in [0.2, 0.25) is 0 Å². The molecule has 16 heavy (non-hydrogen) atoms. The number of nitrogens with two attached hydrogens (primary N) is 1. The number of carbonyl (C=O) groups excluding carboxylic acids is 1. The van der Waals surface area contributed by atoms with Crippen LogP contribution in [0.25, 0.3) is 0 Å². The van der Waals surface area contributed by atoms with Crippen molar-refractivity contribution in [3.05, 3.63) is 0 Å². The van der Waals surface area contributed by atoms with Gasteiger partial charge in [0.25, 0.3) is 0 Å². The van der Waals surface area contributed by atoms with Gasteiger partial charge in [-0.2, -0.15) is 0 Å². The molecule has 0 aromatic heterocycles. The largest absolute Gasteiger partial charge is 0.342 e. The minimum Gasteiger partial charge on any atom is -0.342 e. The highest BCUT2D eigenvalue weighted by Gasteiger charge is 2.40. The molecule has 1 aliphatic heterocycles. The van der Waals surface area contributed by atoms with Gasteiger partial charge in [0.2, 0.25) is 5.91 Å². The second-order valence-electron chi connectivity index (χ2n) is 5.65. The molecule has 2 N–H and O–H groups in total. The van der Waals surface area contributed by atoms with Crippen LogP contribution in [0.1, 0.15) is 33.1 Å². The van der Waals surface area contributed by atoms with E-state index in [1.807, 2.05) is 4.90 Å². The van der Waals surface area contributed by atoms with Crippen molar-refractivity contribution in [3.8, 4) is 0 Å². The van der Waals surface area contributed by atoms with Crippen LogP contribution in [0.5, 0.6) is 0 Å². The first-order chi connectivity index (χ1) is 7.06. The number of hydrogen-bond acceptors (Lipinski definition) is 2. The Kier molecular flexibility index (Phi) is 4.24. The normalized spacial score (nSPS) is 31.1. The molecule has 0 spiro atoms. The molecular formula is C12H23ClN2O. The molecule has 0 radical (unpaired) electrons. The number of amides is 1. The molecule has 0 bridgehead atoms. The topological polar surface area (TPSA) is 46.3 Å². The zero-order chi connectivity index (χ0) is 11.1. The summed E-state index contributed by atoms with van der Waals surface area (Å²) >= 11 is 0. The minimum atomic E-state index is 0. The summed E-state index contributed by atoms with van der Waals surface area (Å²) < 4.78 is 0. The van der Waals surface area contributed by atoms with Crippen molar-refractivity contribution in [1.82, 2.24) is 4.90 Å². The van der Waals surface area contributed by atoms with Crippen LogP contribution in [0.15, 0.2) is 0 Å². The summed E-state index contributed by atoms with van der Waals surface area (Å²) in [5, 5.41) is 0. The van der Waals surface area contributed by atoms with Gasteiger partial charge in [-0.05, 0) is 37.1 Å². The molecule has 94 valence electrons. The van der Waals surface area contributed by atoms with Crippen LogP contribution in [0, 0.1) is 17.3 Å². The molecule has 1 saturated heterocycles. The second kappa shape index (κ2) is 4.92. The van der Waals surface area contributed by atoms with Crippen LogP contribution in [-0.4, -0.2) is 30.4 Å². The minimum absolute atomic E-state index is 0. The summed E-state index contributed by atoms with van der Waals surface area (Å²) in [4.78, 5) is 14.1. The van der Waals surface area contributed by atoms with Gasteiger partial charge in [0.1, 0.15) is 0 Å². The van der Waals surface area contributed by atoms with Crippen LogP contribution in [-0.2, 0) is 4.79 Å². The fraction of sp³-hybridized carbons (Fsp3) is 0.917. The van der Waals surface area contributed by atoms with Crippen LogP contribution < -0.4 is 5.73 Å². The fourth-order valence-electron chi connectivity index (χ4n) is 2.46. The highest BCUT2D eigenvalue weighted by atomic mass is 35.5. The molecule has 2 rings (SSSR count).